The zero-order valence-electron chi connectivity index (χ0n) is 11.6. The molecule has 1 aliphatic rings. The maximum absolute atomic E-state index is 12.7. The lowest BCUT2D eigenvalue weighted by atomic mass is 9.94. The summed E-state index contributed by atoms with van der Waals surface area (Å²) in [4.78, 5) is 0.431. The Hall–Kier alpha value is -1.65. The largest absolute Gasteiger partial charge is 0.244 e. The van der Waals surface area contributed by atoms with Crippen molar-refractivity contribution in [1.29, 1.82) is 0 Å². The lowest BCUT2D eigenvalue weighted by Crippen LogP contribution is -2.38. The van der Waals surface area contributed by atoms with Gasteiger partial charge in [0, 0.05) is 6.54 Å². The van der Waals surface area contributed by atoms with E-state index in [1.807, 2.05) is 56.3 Å². The summed E-state index contributed by atoms with van der Waals surface area (Å²) in [5.74, 6) is 0. The highest BCUT2D eigenvalue weighted by Gasteiger charge is 2.47. The molecular formula is C16H17NO2S. The first kappa shape index (κ1) is 13.3. The van der Waals surface area contributed by atoms with Crippen LogP contribution in [0.5, 0.6) is 0 Å². The zero-order valence-corrected chi connectivity index (χ0v) is 12.4. The Kier molecular flexibility index (Phi) is 2.96. The van der Waals surface area contributed by atoms with Gasteiger partial charge < -0.3 is 0 Å². The summed E-state index contributed by atoms with van der Waals surface area (Å²) >= 11 is 0. The third-order valence-corrected chi connectivity index (χ3v) is 5.98. The average molecular weight is 287 g/mol. The van der Waals surface area contributed by atoms with E-state index < -0.39 is 15.6 Å². The first-order chi connectivity index (χ1) is 9.44. The minimum absolute atomic E-state index is 0.394. The van der Waals surface area contributed by atoms with Crippen molar-refractivity contribution in [3.8, 4) is 0 Å². The van der Waals surface area contributed by atoms with Crippen molar-refractivity contribution in [3.63, 3.8) is 0 Å². The molecule has 4 heteroatoms. The van der Waals surface area contributed by atoms with Crippen LogP contribution in [0.25, 0.3) is 0 Å². The second kappa shape index (κ2) is 4.43. The van der Waals surface area contributed by atoms with Crippen molar-refractivity contribution >= 4 is 10.0 Å². The number of hydrogen-bond acceptors (Lipinski definition) is 2. The van der Waals surface area contributed by atoms with E-state index in [0.717, 1.165) is 11.1 Å². The van der Waals surface area contributed by atoms with Crippen molar-refractivity contribution in [2.75, 3.05) is 0 Å². The molecule has 0 saturated heterocycles. The van der Waals surface area contributed by atoms with E-state index in [1.54, 1.807) is 16.4 Å². The van der Waals surface area contributed by atoms with E-state index in [9.17, 15) is 8.42 Å². The number of benzene rings is 2. The first-order valence-electron chi connectivity index (χ1n) is 6.60. The average Bonchev–Trinajstić information content (AvgIpc) is 2.59. The van der Waals surface area contributed by atoms with Crippen LogP contribution in [0.3, 0.4) is 0 Å². The van der Waals surface area contributed by atoms with Crippen molar-refractivity contribution in [2.45, 2.75) is 30.8 Å². The van der Waals surface area contributed by atoms with Crippen molar-refractivity contribution in [1.82, 2.24) is 4.31 Å². The molecular weight excluding hydrogens is 270 g/mol. The monoisotopic (exact) mass is 287 g/mol. The van der Waals surface area contributed by atoms with Gasteiger partial charge in [-0.25, -0.2) is 8.42 Å². The van der Waals surface area contributed by atoms with Crippen LogP contribution in [0.1, 0.15) is 25.0 Å². The van der Waals surface area contributed by atoms with Gasteiger partial charge in [-0.15, -0.1) is 0 Å². The second-order valence-electron chi connectivity index (χ2n) is 5.55. The molecule has 0 N–H and O–H groups in total. The summed E-state index contributed by atoms with van der Waals surface area (Å²) in [6.07, 6.45) is 0. The lowest BCUT2D eigenvalue weighted by molar-refractivity contribution is 0.237. The zero-order chi connectivity index (χ0) is 14.4. The molecule has 0 aliphatic carbocycles. The highest BCUT2D eigenvalue weighted by molar-refractivity contribution is 7.89. The Morgan fingerprint density at radius 1 is 0.950 bits per heavy atom. The fourth-order valence-corrected chi connectivity index (χ4v) is 4.88. The van der Waals surface area contributed by atoms with Gasteiger partial charge in [0.15, 0.2) is 0 Å². The van der Waals surface area contributed by atoms with Crippen LogP contribution < -0.4 is 0 Å². The Labute approximate surface area is 119 Å². The lowest BCUT2D eigenvalue weighted by Gasteiger charge is -2.30. The molecule has 0 saturated carbocycles. The molecule has 0 bridgehead atoms. The van der Waals surface area contributed by atoms with Gasteiger partial charge in [-0.2, -0.15) is 4.31 Å². The summed E-state index contributed by atoms with van der Waals surface area (Å²) in [5.41, 5.74) is 1.35. The summed E-state index contributed by atoms with van der Waals surface area (Å²) in [6, 6.07) is 17.0. The van der Waals surface area contributed by atoms with E-state index in [2.05, 4.69) is 0 Å². The van der Waals surface area contributed by atoms with Gasteiger partial charge in [0.1, 0.15) is 0 Å². The third-order valence-electron chi connectivity index (χ3n) is 3.91. The second-order valence-corrected chi connectivity index (χ2v) is 7.38. The summed E-state index contributed by atoms with van der Waals surface area (Å²) in [5, 5.41) is 0. The third kappa shape index (κ3) is 1.87. The minimum atomic E-state index is -3.42. The van der Waals surface area contributed by atoms with Crippen LogP contribution in [0.4, 0.5) is 0 Å². The number of nitrogens with zero attached hydrogens (tertiary/aromatic N) is 1. The van der Waals surface area contributed by atoms with Crippen molar-refractivity contribution in [3.05, 3.63) is 65.7 Å². The Balaban J connectivity index is 2.09. The Morgan fingerprint density at radius 3 is 2.20 bits per heavy atom. The van der Waals surface area contributed by atoms with E-state index in [4.69, 9.17) is 0 Å². The predicted octanol–water partition coefficient (Wildman–Crippen LogP) is 3.13. The summed E-state index contributed by atoms with van der Waals surface area (Å²) < 4.78 is 27.0. The molecule has 104 valence electrons. The predicted molar refractivity (Wildman–Crippen MR) is 78.6 cm³/mol. The Bertz CT molecular complexity index is 736. The molecule has 0 amide bonds. The van der Waals surface area contributed by atoms with Crippen LogP contribution in [-0.2, 0) is 22.1 Å². The van der Waals surface area contributed by atoms with Gasteiger partial charge in [-0.05, 0) is 31.0 Å². The molecule has 2 aromatic rings. The van der Waals surface area contributed by atoms with Gasteiger partial charge in [-0.1, -0.05) is 48.5 Å². The van der Waals surface area contributed by atoms with Crippen molar-refractivity contribution < 1.29 is 8.42 Å². The van der Waals surface area contributed by atoms with Gasteiger partial charge >= 0.3 is 0 Å². The highest BCUT2D eigenvalue weighted by atomic mass is 32.2. The summed E-state index contributed by atoms with van der Waals surface area (Å²) in [7, 11) is -3.42. The molecule has 0 atom stereocenters. The molecule has 20 heavy (non-hydrogen) atoms. The molecule has 0 radical (unpaired) electrons. The first-order valence-corrected chi connectivity index (χ1v) is 8.04. The minimum Gasteiger partial charge on any atom is -0.207 e. The van der Waals surface area contributed by atoms with E-state index >= 15 is 0 Å². The smallest absolute Gasteiger partial charge is 0.207 e. The fraction of sp³-hybridized carbons (Fsp3) is 0.250. The van der Waals surface area contributed by atoms with Crippen LogP contribution >= 0.6 is 0 Å². The number of hydrogen-bond donors (Lipinski definition) is 0. The maximum Gasteiger partial charge on any atom is 0.244 e. The Morgan fingerprint density at radius 2 is 1.55 bits per heavy atom. The maximum atomic E-state index is 12.7. The van der Waals surface area contributed by atoms with E-state index in [0.29, 0.717) is 11.4 Å². The standard InChI is InChI=1S/C16H17NO2S/c1-16(2)14-10-6-7-11-15(14)20(18,19)17(16)12-13-8-4-3-5-9-13/h3-11H,12H2,1-2H3. The van der Waals surface area contributed by atoms with Crippen LogP contribution in [0, 0.1) is 0 Å². The van der Waals surface area contributed by atoms with Crippen LogP contribution in [-0.4, -0.2) is 12.7 Å². The molecule has 3 nitrogen and oxygen atoms in total. The molecule has 0 fully saturated rings. The highest BCUT2D eigenvalue weighted by Crippen LogP contribution is 2.44. The van der Waals surface area contributed by atoms with Crippen LogP contribution in [0.2, 0.25) is 0 Å². The van der Waals surface area contributed by atoms with Gasteiger partial charge in [0.25, 0.3) is 0 Å². The number of sulfonamides is 1. The topological polar surface area (TPSA) is 37.4 Å². The number of rotatable bonds is 2. The number of fused-ring (bicyclic) bond motifs is 1. The molecule has 2 aromatic carbocycles. The van der Waals surface area contributed by atoms with Gasteiger partial charge in [0.05, 0.1) is 10.4 Å². The molecule has 3 rings (SSSR count). The van der Waals surface area contributed by atoms with Gasteiger partial charge in [0.2, 0.25) is 10.0 Å². The van der Waals surface area contributed by atoms with E-state index in [-0.39, 0.29) is 0 Å². The molecule has 0 unspecified atom stereocenters. The van der Waals surface area contributed by atoms with Gasteiger partial charge in [-0.3, -0.25) is 0 Å². The molecule has 0 aromatic heterocycles. The molecule has 1 heterocycles. The van der Waals surface area contributed by atoms with Crippen LogP contribution in [0.15, 0.2) is 59.5 Å². The SMILES string of the molecule is CC1(C)c2ccccc2S(=O)(=O)N1Cc1ccccc1. The van der Waals surface area contributed by atoms with E-state index in [1.165, 1.54) is 0 Å². The molecule has 1 aliphatic heterocycles. The molecule has 0 spiro atoms. The fourth-order valence-electron chi connectivity index (χ4n) is 2.78. The normalized spacial score (nSPS) is 19.7. The van der Waals surface area contributed by atoms with Crippen molar-refractivity contribution in [2.24, 2.45) is 0 Å². The summed E-state index contributed by atoms with van der Waals surface area (Å²) in [6.45, 7) is 4.31. The quantitative estimate of drug-likeness (QED) is 0.851.